The maximum atomic E-state index is 6.00. The van der Waals surface area contributed by atoms with E-state index in [2.05, 4.69) is 29.9 Å². The van der Waals surface area contributed by atoms with Crippen LogP contribution < -0.4 is 4.74 Å². The quantitative estimate of drug-likeness (QED) is 0.766. The molecular formula is C17H18N2O. The Balaban J connectivity index is 1.86. The Morgan fingerprint density at radius 1 is 1.05 bits per heavy atom. The van der Waals surface area contributed by atoms with Crippen molar-refractivity contribution >= 4 is 11.0 Å². The number of nitrogens with zero attached hydrogens (tertiary/aromatic N) is 1. The largest absolute Gasteiger partial charge is 0.483 e. The van der Waals surface area contributed by atoms with Crippen LogP contribution in [0.3, 0.4) is 0 Å². The molecule has 0 spiro atoms. The first-order chi connectivity index (χ1) is 9.61. The lowest BCUT2D eigenvalue weighted by molar-refractivity contribution is 0.218. The highest BCUT2D eigenvalue weighted by Crippen LogP contribution is 2.24. The summed E-state index contributed by atoms with van der Waals surface area (Å²) in [6.45, 7) is 6.16. The van der Waals surface area contributed by atoms with E-state index in [9.17, 15) is 0 Å². The van der Waals surface area contributed by atoms with Crippen molar-refractivity contribution < 1.29 is 4.74 Å². The zero-order valence-corrected chi connectivity index (χ0v) is 12.0. The minimum Gasteiger partial charge on any atom is -0.483 e. The fourth-order valence-electron chi connectivity index (χ4n) is 2.43. The molecule has 3 nitrogen and oxygen atoms in total. The van der Waals surface area contributed by atoms with Crippen LogP contribution in [0.2, 0.25) is 0 Å². The molecule has 0 amide bonds. The van der Waals surface area contributed by atoms with Crippen molar-refractivity contribution in [3.63, 3.8) is 0 Å². The van der Waals surface area contributed by atoms with E-state index in [0.717, 1.165) is 22.6 Å². The monoisotopic (exact) mass is 266 g/mol. The van der Waals surface area contributed by atoms with Crippen molar-refractivity contribution in [1.82, 2.24) is 9.97 Å². The van der Waals surface area contributed by atoms with Gasteiger partial charge in [0.2, 0.25) is 0 Å². The Kier molecular flexibility index (Phi) is 3.18. The van der Waals surface area contributed by atoms with Gasteiger partial charge < -0.3 is 9.72 Å². The summed E-state index contributed by atoms with van der Waals surface area (Å²) in [5, 5.41) is 0. The van der Waals surface area contributed by atoms with Crippen LogP contribution in [-0.2, 0) is 0 Å². The third kappa shape index (κ3) is 2.52. The fourth-order valence-corrected chi connectivity index (χ4v) is 2.43. The van der Waals surface area contributed by atoms with Crippen molar-refractivity contribution in [2.24, 2.45) is 0 Å². The van der Waals surface area contributed by atoms with Gasteiger partial charge in [-0.05, 0) is 56.2 Å². The zero-order valence-electron chi connectivity index (χ0n) is 12.0. The molecule has 0 radical (unpaired) electrons. The lowest BCUT2D eigenvalue weighted by Gasteiger charge is -2.13. The van der Waals surface area contributed by atoms with Gasteiger partial charge in [-0.2, -0.15) is 0 Å². The van der Waals surface area contributed by atoms with Crippen LogP contribution in [-0.4, -0.2) is 9.97 Å². The summed E-state index contributed by atoms with van der Waals surface area (Å²) in [6, 6.07) is 14.2. The summed E-state index contributed by atoms with van der Waals surface area (Å²) < 4.78 is 6.00. The number of nitrogens with one attached hydrogen (secondary N) is 1. The van der Waals surface area contributed by atoms with Crippen molar-refractivity contribution in [2.45, 2.75) is 26.9 Å². The van der Waals surface area contributed by atoms with E-state index in [1.54, 1.807) is 0 Å². The first-order valence-electron chi connectivity index (χ1n) is 6.81. The molecule has 2 aromatic carbocycles. The number of ether oxygens (including phenoxy) is 1. The molecule has 0 saturated carbocycles. The highest BCUT2D eigenvalue weighted by molar-refractivity contribution is 5.74. The summed E-state index contributed by atoms with van der Waals surface area (Å²) in [7, 11) is 0. The lowest BCUT2D eigenvalue weighted by atomic mass is 10.1. The van der Waals surface area contributed by atoms with Gasteiger partial charge in [-0.1, -0.05) is 18.2 Å². The van der Waals surface area contributed by atoms with Gasteiger partial charge in [-0.15, -0.1) is 0 Å². The van der Waals surface area contributed by atoms with E-state index in [-0.39, 0.29) is 6.10 Å². The van der Waals surface area contributed by atoms with Crippen LogP contribution in [0, 0.1) is 13.8 Å². The number of aryl methyl sites for hydroxylation is 2. The molecule has 3 aromatic rings. The average molecular weight is 266 g/mol. The molecule has 3 heteroatoms. The van der Waals surface area contributed by atoms with E-state index in [4.69, 9.17) is 4.74 Å². The predicted molar refractivity (Wildman–Crippen MR) is 81.1 cm³/mol. The number of H-pyrrole nitrogens is 1. The SMILES string of the molecule is Cc1cc(C)cc(OC(C)c2nc3ccccc3[nH]2)c1. The Hall–Kier alpha value is -2.29. The van der Waals surface area contributed by atoms with Gasteiger partial charge in [-0.25, -0.2) is 4.98 Å². The molecule has 0 bridgehead atoms. The minimum absolute atomic E-state index is 0.108. The minimum atomic E-state index is -0.108. The van der Waals surface area contributed by atoms with Crippen LogP contribution >= 0.6 is 0 Å². The maximum Gasteiger partial charge on any atom is 0.153 e. The van der Waals surface area contributed by atoms with Crippen LogP contribution in [0.1, 0.15) is 30.0 Å². The number of para-hydroxylation sites is 2. The molecule has 0 saturated heterocycles. The molecule has 1 atom stereocenters. The van der Waals surface area contributed by atoms with Crippen LogP contribution in [0.4, 0.5) is 0 Å². The first kappa shape index (κ1) is 12.7. The Morgan fingerprint density at radius 2 is 1.75 bits per heavy atom. The zero-order chi connectivity index (χ0) is 14.1. The van der Waals surface area contributed by atoms with Gasteiger partial charge >= 0.3 is 0 Å². The van der Waals surface area contributed by atoms with Gasteiger partial charge in [0.25, 0.3) is 0 Å². The fraction of sp³-hybridized carbons (Fsp3) is 0.235. The number of hydrogen-bond donors (Lipinski definition) is 1. The van der Waals surface area contributed by atoms with E-state index < -0.39 is 0 Å². The van der Waals surface area contributed by atoms with Gasteiger partial charge in [0.15, 0.2) is 6.10 Å². The normalized spacial score (nSPS) is 12.6. The number of hydrogen-bond acceptors (Lipinski definition) is 2. The van der Waals surface area contributed by atoms with Crippen molar-refractivity contribution in [3.8, 4) is 5.75 Å². The number of rotatable bonds is 3. The molecule has 0 fully saturated rings. The third-order valence-electron chi connectivity index (χ3n) is 3.30. The standard InChI is InChI=1S/C17H18N2O/c1-11-8-12(2)10-14(9-11)20-13(3)17-18-15-6-4-5-7-16(15)19-17/h4-10,13H,1-3H3,(H,18,19). The number of aromatic nitrogens is 2. The van der Waals surface area contributed by atoms with Gasteiger partial charge in [0.05, 0.1) is 11.0 Å². The van der Waals surface area contributed by atoms with Gasteiger partial charge in [0, 0.05) is 0 Å². The third-order valence-corrected chi connectivity index (χ3v) is 3.30. The van der Waals surface area contributed by atoms with Gasteiger partial charge in [-0.3, -0.25) is 0 Å². The smallest absolute Gasteiger partial charge is 0.153 e. The van der Waals surface area contributed by atoms with E-state index in [1.165, 1.54) is 11.1 Å². The molecule has 102 valence electrons. The lowest BCUT2D eigenvalue weighted by Crippen LogP contribution is -2.05. The molecule has 0 aliphatic carbocycles. The molecule has 1 aromatic heterocycles. The topological polar surface area (TPSA) is 37.9 Å². The molecule has 1 unspecified atom stereocenters. The average Bonchev–Trinajstić information content (AvgIpc) is 2.81. The molecule has 1 heterocycles. The van der Waals surface area contributed by atoms with E-state index >= 15 is 0 Å². The van der Waals surface area contributed by atoms with Crippen molar-refractivity contribution in [1.29, 1.82) is 0 Å². The summed E-state index contributed by atoms with van der Waals surface area (Å²) in [5.41, 5.74) is 4.42. The van der Waals surface area contributed by atoms with Crippen molar-refractivity contribution in [2.75, 3.05) is 0 Å². The van der Waals surface area contributed by atoms with Crippen LogP contribution in [0.25, 0.3) is 11.0 Å². The highest BCUT2D eigenvalue weighted by atomic mass is 16.5. The van der Waals surface area contributed by atoms with E-state index in [1.807, 2.05) is 43.3 Å². The van der Waals surface area contributed by atoms with Crippen LogP contribution in [0.5, 0.6) is 5.75 Å². The summed E-state index contributed by atoms with van der Waals surface area (Å²) in [4.78, 5) is 7.88. The van der Waals surface area contributed by atoms with Crippen LogP contribution in [0.15, 0.2) is 42.5 Å². The Morgan fingerprint density at radius 3 is 2.45 bits per heavy atom. The Bertz CT molecular complexity index is 692. The summed E-state index contributed by atoms with van der Waals surface area (Å²) in [5.74, 6) is 1.74. The molecule has 20 heavy (non-hydrogen) atoms. The molecule has 1 N–H and O–H groups in total. The second-order valence-corrected chi connectivity index (χ2v) is 5.22. The second kappa shape index (κ2) is 5.00. The highest BCUT2D eigenvalue weighted by Gasteiger charge is 2.12. The Labute approximate surface area is 118 Å². The molecule has 0 aliphatic heterocycles. The number of fused-ring (bicyclic) bond motifs is 1. The van der Waals surface area contributed by atoms with Crippen molar-refractivity contribution in [3.05, 3.63) is 59.4 Å². The number of aromatic amines is 1. The predicted octanol–water partition coefficient (Wildman–Crippen LogP) is 4.32. The number of benzene rings is 2. The summed E-state index contributed by atoms with van der Waals surface area (Å²) >= 11 is 0. The summed E-state index contributed by atoms with van der Waals surface area (Å²) in [6.07, 6.45) is -0.108. The maximum absolute atomic E-state index is 6.00. The van der Waals surface area contributed by atoms with Gasteiger partial charge in [0.1, 0.15) is 11.6 Å². The van der Waals surface area contributed by atoms with E-state index in [0.29, 0.717) is 0 Å². The molecule has 3 rings (SSSR count). The first-order valence-corrected chi connectivity index (χ1v) is 6.81. The second-order valence-electron chi connectivity index (χ2n) is 5.22. The number of imidazole rings is 1. The molecule has 0 aliphatic rings. The molecular weight excluding hydrogens is 248 g/mol.